The van der Waals surface area contributed by atoms with E-state index in [4.69, 9.17) is 4.98 Å². The van der Waals surface area contributed by atoms with E-state index < -0.39 is 0 Å². The van der Waals surface area contributed by atoms with E-state index in [2.05, 4.69) is 46.4 Å². The molecule has 3 aromatic rings. The number of fused-ring (bicyclic) bond motifs is 3. The van der Waals surface area contributed by atoms with Gasteiger partial charge < -0.3 is 15.2 Å². The van der Waals surface area contributed by atoms with Crippen molar-refractivity contribution in [2.45, 2.75) is 26.2 Å². The van der Waals surface area contributed by atoms with Crippen LogP contribution in [0, 0.1) is 12.3 Å². The third-order valence-corrected chi connectivity index (χ3v) is 5.95. The van der Waals surface area contributed by atoms with Crippen LogP contribution in [-0.2, 0) is 4.79 Å². The first kappa shape index (κ1) is 14.8. The maximum absolute atomic E-state index is 12.4. The normalized spacial score (nSPS) is 23.7. The van der Waals surface area contributed by atoms with E-state index in [1.54, 1.807) is 0 Å². The van der Waals surface area contributed by atoms with Gasteiger partial charge in [-0.3, -0.25) is 4.79 Å². The maximum atomic E-state index is 12.4. The monoisotopic (exact) mass is 334 g/mol. The van der Waals surface area contributed by atoms with Crippen LogP contribution in [0.4, 0.5) is 5.82 Å². The Morgan fingerprint density at radius 1 is 1.24 bits per heavy atom. The number of hydrogen-bond acceptors (Lipinski definition) is 3. The average Bonchev–Trinajstić information content (AvgIpc) is 3.18. The Morgan fingerprint density at radius 2 is 2.12 bits per heavy atom. The van der Waals surface area contributed by atoms with Crippen molar-refractivity contribution in [3.63, 3.8) is 0 Å². The third kappa shape index (κ3) is 2.08. The van der Waals surface area contributed by atoms with Gasteiger partial charge in [-0.1, -0.05) is 18.2 Å². The van der Waals surface area contributed by atoms with Crippen LogP contribution in [-0.4, -0.2) is 35.5 Å². The number of H-pyrrole nitrogens is 1. The molecule has 0 unspecified atom stereocenters. The van der Waals surface area contributed by atoms with Gasteiger partial charge in [0.25, 0.3) is 0 Å². The first-order chi connectivity index (χ1) is 12.2. The predicted molar refractivity (Wildman–Crippen MR) is 99.8 cm³/mol. The van der Waals surface area contributed by atoms with Gasteiger partial charge in [-0.15, -0.1) is 0 Å². The van der Waals surface area contributed by atoms with Crippen LogP contribution in [0.25, 0.3) is 21.8 Å². The molecule has 1 atom stereocenters. The fraction of sp³-hybridized carbons (Fsp3) is 0.400. The van der Waals surface area contributed by atoms with E-state index in [0.29, 0.717) is 0 Å². The summed E-state index contributed by atoms with van der Waals surface area (Å²) in [5.41, 5.74) is 3.21. The zero-order valence-electron chi connectivity index (χ0n) is 14.4. The molecule has 5 nitrogen and oxygen atoms in total. The molecule has 2 aromatic heterocycles. The lowest BCUT2D eigenvalue weighted by Gasteiger charge is -2.39. The zero-order chi connectivity index (χ0) is 17.0. The van der Waals surface area contributed by atoms with E-state index in [-0.39, 0.29) is 11.3 Å². The SMILES string of the molecule is Cc1cnc(N2CCC[C@]3(CCNC3=O)C2)c2c1[nH]c1ccccc12. The Hall–Kier alpha value is -2.56. The molecular formula is C20H22N4O. The molecule has 2 aliphatic rings. The Kier molecular flexibility index (Phi) is 3.08. The summed E-state index contributed by atoms with van der Waals surface area (Å²) in [4.78, 5) is 23.1. The Labute approximate surface area is 146 Å². The minimum atomic E-state index is -0.233. The number of amides is 1. The minimum absolute atomic E-state index is 0.222. The fourth-order valence-electron chi connectivity index (χ4n) is 4.62. The lowest BCUT2D eigenvalue weighted by molar-refractivity contribution is -0.128. The number of nitrogens with zero attached hydrogens (tertiary/aromatic N) is 2. The van der Waals surface area contributed by atoms with Gasteiger partial charge in [0, 0.05) is 36.7 Å². The number of anilines is 1. The number of carbonyl (C=O) groups is 1. The molecule has 4 heterocycles. The summed E-state index contributed by atoms with van der Waals surface area (Å²) in [6.07, 6.45) is 4.90. The molecule has 0 saturated carbocycles. The predicted octanol–water partition coefficient (Wildman–Crippen LogP) is 3.13. The Balaban J connectivity index is 1.68. The zero-order valence-corrected chi connectivity index (χ0v) is 14.4. The molecule has 0 bridgehead atoms. The Bertz CT molecular complexity index is 992. The second kappa shape index (κ2) is 5.22. The van der Waals surface area contributed by atoms with Crippen molar-refractivity contribution in [3.05, 3.63) is 36.0 Å². The van der Waals surface area contributed by atoms with Gasteiger partial charge in [0.15, 0.2) is 0 Å². The smallest absolute Gasteiger partial charge is 0.228 e. The highest BCUT2D eigenvalue weighted by Gasteiger charge is 2.45. The van der Waals surface area contributed by atoms with Crippen molar-refractivity contribution < 1.29 is 4.79 Å². The number of hydrogen-bond donors (Lipinski definition) is 2. The summed E-state index contributed by atoms with van der Waals surface area (Å²) < 4.78 is 0. The topological polar surface area (TPSA) is 61.0 Å². The summed E-state index contributed by atoms with van der Waals surface area (Å²) >= 11 is 0. The molecule has 2 fully saturated rings. The number of aromatic nitrogens is 2. The van der Waals surface area contributed by atoms with Gasteiger partial charge in [0.1, 0.15) is 5.82 Å². The molecule has 2 saturated heterocycles. The highest BCUT2D eigenvalue weighted by atomic mass is 16.2. The number of piperidine rings is 1. The summed E-state index contributed by atoms with van der Waals surface area (Å²) in [5, 5.41) is 5.42. The van der Waals surface area contributed by atoms with Crippen LogP contribution in [0.15, 0.2) is 30.5 Å². The summed E-state index contributed by atoms with van der Waals surface area (Å²) in [5.74, 6) is 1.23. The van der Waals surface area contributed by atoms with Gasteiger partial charge in [0.2, 0.25) is 5.91 Å². The van der Waals surface area contributed by atoms with Crippen LogP contribution >= 0.6 is 0 Å². The molecule has 2 N–H and O–H groups in total. The lowest BCUT2D eigenvalue weighted by Crippen LogP contribution is -2.47. The largest absolute Gasteiger partial charge is 0.356 e. The molecule has 0 radical (unpaired) electrons. The van der Waals surface area contributed by atoms with Crippen molar-refractivity contribution in [3.8, 4) is 0 Å². The van der Waals surface area contributed by atoms with Gasteiger partial charge in [0.05, 0.1) is 16.3 Å². The van der Waals surface area contributed by atoms with Gasteiger partial charge in [-0.05, 0) is 37.8 Å². The number of pyridine rings is 1. The molecule has 1 spiro atoms. The molecule has 5 heteroatoms. The number of nitrogens with one attached hydrogen (secondary N) is 2. The number of rotatable bonds is 1. The second-order valence-electron chi connectivity index (χ2n) is 7.50. The molecule has 128 valence electrons. The lowest BCUT2D eigenvalue weighted by atomic mass is 9.78. The molecule has 0 aliphatic carbocycles. The van der Waals surface area contributed by atoms with E-state index in [1.807, 2.05) is 6.20 Å². The molecule has 2 aliphatic heterocycles. The van der Waals surface area contributed by atoms with E-state index in [9.17, 15) is 4.79 Å². The first-order valence-electron chi connectivity index (χ1n) is 9.07. The van der Waals surface area contributed by atoms with Gasteiger partial charge in [-0.2, -0.15) is 0 Å². The second-order valence-corrected chi connectivity index (χ2v) is 7.50. The quantitative estimate of drug-likeness (QED) is 0.719. The van der Waals surface area contributed by atoms with E-state index in [1.165, 1.54) is 10.8 Å². The number of aryl methyl sites for hydroxylation is 1. The van der Waals surface area contributed by atoms with Crippen molar-refractivity contribution in [2.24, 2.45) is 5.41 Å². The maximum Gasteiger partial charge on any atom is 0.228 e. The first-order valence-corrected chi connectivity index (χ1v) is 9.07. The van der Waals surface area contributed by atoms with Crippen molar-refractivity contribution in [1.29, 1.82) is 0 Å². The standard InChI is InChI=1S/C20H22N4O/c1-13-11-22-18(16-14-5-2-3-6-15(14)23-17(13)16)24-10-4-7-20(12-24)8-9-21-19(20)25/h2-3,5-6,11,23H,4,7-10,12H2,1H3,(H,21,25)/t20-/m0/s1. The fourth-order valence-corrected chi connectivity index (χ4v) is 4.62. The summed E-state index contributed by atoms with van der Waals surface area (Å²) in [6.45, 7) is 4.62. The van der Waals surface area contributed by atoms with E-state index >= 15 is 0 Å². The Morgan fingerprint density at radius 3 is 2.96 bits per heavy atom. The highest BCUT2D eigenvalue weighted by molar-refractivity contribution is 6.13. The van der Waals surface area contributed by atoms with Crippen LogP contribution in [0.2, 0.25) is 0 Å². The van der Waals surface area contributed by atoms with Gasteiger partial charge in [-0.25, -0.2) is 4.98 Å². The number of carbonyl (C=O) groups excluding carboxylic acids is 1. The van der Waals surface area contributed by atoms with Crippen LogP contribution in [0.1, 0.15) is 24.8 Å². The minimum Gasteiger partial charge on any atom is -0.356 e. The number of para-hydroxylation sites is 1. The van der Waals surface area contributed by atoms with Gasteiger partial charge >= 0.3 is 0 Å². The van der Waals surface area contributed by atoms with Crippen molar-refractivity contribution >= 4 is 33.5 Å². The summed E-state index contributed by atoms with van der Waals surface area (Å²) in [6, 6.07) is 8.39. The van der Waals surface area contributed by atoms with Crippen LogP contribution in [0.3, 0.4) is 0 Å². The van der Waals surface area contributed by atoms with Crippen LogP contribution < -0.4 is 10.2 Å². The third-order valence-electron chi connectivity index (χ3n) is 5.95. The van der Waals surface area contributed by atoms with Crippen molar-refractivity contribution in [2.75, 3.05) is 24.5 Å². The summed E-state index contributed by atoms with van der Waals surface area (Å²) in [7, 11) is 0. The number of benzene rings is 1. The highest BCUT2D eigenvalue weighted by Crippen LogP contribution is 2.41. The van der Waals surface area contributed by atoms with Crippen molar-refractivity contribution in [1.82, 2.24) is 15.3 Å². The number of aromatic amines is 1. The molecule has 25 heavy (non-hydrogen) atoms. The molecule has 5 rings (SSSR count). The average molecular weight is 334 g/mol. The van der Waals surface area contributed by atoms with Crippen LogP contribution in [0.5, 0.6) is 0 Å². The molecular weight excluding hydrogens is 312 g/mol. The molecule has 1 aromatic carbocycles. The van der Waals surface area contributed by atoms with E-state index in [0.717, 1.165) is 61.3 Å². The molecule has 1 amide bonds.